The lowest BCUT2D eigenvalue weighted by Crippen LogP contribution is -2.30. The molecule has 0 radical (unpaired) electrons. The van der Waals surface area contributed by atoms with E-state index in [1.807, 2.05) is 0 Å². The van der Waals surface area contributed by atoms with Crippen molar-refractivity contribution in [2.24, 2.45) is 0 Å². The average molecular weight is 1480 g/mol. The van der Waals surface area contributed by atoms with Crippen LogP contribution in [0.5, 0.6) is 0 Å². The molecule has 0 aromatic carbocycles. The molecular weight excluding hydrogens is 1330 g/mol. The van der Waals surface area contributed by atoms with Gasteiger partial charge in [0.1, 0.15) is 19.3 Å². The molecule has 0 aliphatic carbocycles. The molecule has 0 saturated carbocycles. The van der Waals surface area contributed by atoms with E-state index in [0.29, 0.717) is 25.7 Å². The van der Waals surface area contributed by atoms with Gasteiger partial charge >= 0.3 is 39.5 Å². The molecule has 0 aromatic heterocycles. The number of phosphoric ester groups is 2. The highest BCUT2D eigenvalue weighted by Gasteiger charge is 2.30. The summed E-state index contributed by atoms with van der Waals surface area (Å²) in [5.41, 5.74) is 0. The standard InChI is InChI=1S/C83H144O17P2/c1-5-9-13-17-21-25-29-32-34-36-38-40-42-45-49-52-56-60-64-68-81(86)94-74-79(100-83(88)70-66-62-58-54-50-46-43-41-39-37-35-33-30-26-22-18-14-10-6-2)76-98-102(91,92)96-72-77(84)71-95-101(89,90)97-75-78(99-82(87)69-65-61-57-53-47-28-24-20-16-12-8-4)73-93-80(85)67-63-59-55-51-48-44-31-27-23-19-15-11-7-3/h9,13,20-22,24-26,32-35,38-41,45,49,77-79,84H,5-8,10-12,14-19,23,27-31,36-37,42-44,46-48,50-76H2,1-4H3,(H,89,90)(H,91,92)/b13-9-,24-20-,25-21-,26-22-,34-32-,35-33-,40-38-,41-39-,49-45-. The van der Waals surface area contributed by atoms with Gasteiger partial charge in [-0.1, -0.05) is 291 Å². The highest BCUT2D eigenvalue weighted by Crippen LogP contribution is 2.45. The lowest BCUT2D eigenvalue weighted by Gasteiger charge is -2.21. The third-order valence-corrected chi connectivity index (χ3v) is 18.6. The van der Waals surface area contributed by atoms with Gasteiger partial charge < -0.3 is 33.8 Å². The van der Waals surface area contributed by atoms with Crippen molar-refractivity contribution < 1.29 is 80.2 Å². The Labute approximate surface area is 619 Å². The van der Waals surface area contributed by atoms with Crippen molar-refractivity contribution in [1.82, 2.24) is 0 Å². The molecule has 0 bridgehead atoms. The molecule has 0 aliphatic rings. The molecule has 0 aromatic rings. The van der Waals surface area contributed by atoms with Crippen LogP contribution in [-0.2, 0) is 65.4 Å². The van der Waals surface area contributed by atoms with Gasteiger partial charge in [-0.05, 0) is 128 Å². The molecule has 0 rings (SSSR count). The van der Waals surface area contributed by atoms with E-state index in [1.165, 1.54) is 89.9 Å². The first kappa shape index (κ1) is 97.7. The summed E-state index contributed by atoms with van der Waals surface area (Å²) in [6.07, 6.45) is 80.7. The molecule has 19 heteroatoms. The molecule has 0 fully saturated rings. The van der Waals surface area contributed by atoms with Crippen molar-refractivity contribution in [3.63, 3.8) is 0 Å². The van der Waals surface area contributed by atoms with Crippen molar-refractivity contribution in [3.8, 4) is 0 Å². The van der Waals surface area contributed by atoms with Gasteiger partial charge in [-0.3, -0.25) is 37.3 Å². The lowest BCUT2D eigenvalue weighted by atomic mass is 10.0. The number of aliphatic hydroxyl groups is 1. The van der Waals surface area contributed by atoms with E-state index in [2.05, 4.69) is 137 Å². The van der Waals surface area contributed by atoms with Gasteiger partial charge in [-0.15, -0.1) is 0 Å². The third-order valence-electron chi connectivity index (χ3n) is 16.7. The predicted molar refractivity (Wildman–Crippen MR) is 418 cm³/mol. The number of carbonyl (C=O) groups is 4. The number of hydrogen-bond acceptors (Lipinski definition) is 15. The Morgan fingerprint density at radius 1 is 0.284 bits per heavy atom. The van der Waals surface area contributed by atoms with E-state index in [1.54, 1.807) is 0 Å². The van der Waals surface area contributed by atoms with Gasteiger partial charge in [0.05, 0.1) is 26.4 Å². The van der Waals surface area contributed by atoms with Crippen LogP contribution in [0.15, 0.2) is 109 Å². The van der Waals surface area contributed by atoms with Crippen LogP contribution >= 0.6 is 15.6 Å². The van der Waals surface area contributed by atoms with Crippen LogP contribution in [0.2, 0.25) is 0 Å². The third kappa shape index (κ3) is 74.0. The zero-order chi connectivity index (χ0) is 74.6. The molecule has 102 heavy (non-hydrogen) atoms. The normalized spacial score (nSPS) is 14.5. The molecule has 0 saturated heterocycles. The van der Waals surface area contributed by atoms with Crippen LogP contribution in [0.4, 0.5) is 0 Å². The Morgan fingerprint density at radius 3 is 0.853 bits per heavy atom. The van der Waals surface area contributed by atoms with E-state index in [4.69, 9.17) is 37.0 Å². The minimum absolute atomic E-state index is 0.0714. The molecule has 17 nitrogen and oxygen atoms in total. The highest BCUT2D eigenvalue weighted by atomic mass is 31.2. The first-order chi connectivity index (χ1) is 49.7. The minimum atomic E-state index is -4.99. The van der Waals surface area contributed by atoms with Gasteiger partial charge in [0, 0.05) is 25.7 Å². The Morgan fingerprint density at radius 2 is 0.520 bits per heavy atom. The Hall–Kier alpha value is -4.28. The fraction of sp³-hybridized carbons (Fsp3) is 0.735. The molecule has 0 aliphatic heterocycles. The molecule has 3 N–H and O–H groups in total. The molecule has 0 heterocycles. The molecule has 5 atom stereocenters. The number of ether oxygens (including phenoxy) is 4. The van der Waals surface area contributed by atoms with Gasteiger partial charge in [-0.2, -0.15) is 0 Å². The van der Waals surface area contributed by atoms with E-state index in [-0.39, 0.29) is 25.7 Å². The topological polar surface area (TPSA) is 237 Å². The van der Waals surface area contributed by atoms with Crippen LogP contribution in [-0.4, -0.2) is 96.7 Å². The Balaban J connectivity index is 5.37. The summed E-state index contributed by atoms with van der Waals surface area (Å²) in [7, 11) is -9.96. The van der Waals surface area contributed by atoms with E-state index in [0.717, 1.165) is 167 Å². The van der Waals surface area contributed by atoms with Gasteiger partial charge in [0.25, 0.3) is 0 Å². The number of esters is 4. The average Bonchev–Trinajstić information content (AvgIpc) is 0.940. The maximum atomic E-state index is 13.1. The zero-order valence-electron chi connectivity index (χ0n) is 64.3. The van der Waals surface area contributed by atoms with Crippen molar-refractivity contribution in [1.29, 1.82) is 0 Å². The summed E-state index contributed by atoms with van der Waals surface area (Å²) in [6.45, 7) is 4.66. The van der Waals surface area contributed by atoms with Crippen LogP contribution < -0.4 is 0 Å². The highest BCUT2D eigenvalue weighted by molar-refractivity contribution is 7.47. The quantitative estimate of drug-likeness (QED) is 0.0169. The summed E-state index contributed by atoms with van der Waals surface area (Å²) in [5.74, 6) is -2.22. The smallest absolute Gasteiger partial charge is 0.462 e. The molecular formula is C83H144O17P2. The molecule has 0 amide bonds. The van der Waals surface area contributed by atoms with Crippen LogP contribution in [0, 0.1) is 0 Å². The first-order valence-corrected chi connectivity index (χ1v) is 43.1. The fourth-order valence-electron chi connectivity index (χ4n) is 10.6. The van der Waals surface area contributed by atoms with Crippen molar-refractivity contribution in [2.45, 2.75) is 354 Å². The van der Waals surface area contributed by atoms with Crippen LogP contribution in [0.25, 0.3) is 0 Å². The number of hydrogen-bond donors (Lipinski definition) is 3. The largest absolute Gasteiger partial charge is 0.472 e. The fourth-order valence-corrected chi connectivity index (χ4v) is 12.2. The van der Waals surface area contributed by atoms with E-state index in [9.17, 15) is 43.2 Å². The van der Waals surface area contributed by atoms with Crippen molar-refractivity contribution in [3.05, 3.63) is 109 Å². The summed E-state index contributed by atoms with van der Waals surface area (Å²) in [5, 5.41) is 10.6. The van der Waals surface area contributed by atoms with Crippen molar-refractivity contribution >= 4 is 39.5 Å². The zero-order valence-corrected chi connectivity index (χ0v) is 66.0. The molecule has 588 valence electrons. The second-order valence-corrected chi connectivity index (χ2v) is 29.5. The predicted octanol–water partition coefficient (Wildman–Crippen LogP) is 23.3. The summed E-state index contributed by atoms with van der Waals surface area (Å²) >= 11 is 0. The van der Waals surface area contributed by atoms with Gasteiger partial charge in [0.2, 0.25) is 0 Å². The van der Waals surface area contributed by atoms with Gasteiger partial charge in [0.15, 0.2) is 12.2 Å². The maximum absolute atomic E-state index is 13.1. The monoisotopic (exact) mass is 1470 g/mol. The minimum Gasteiger partial charge on any atom is -0.462 e. The van der Waals surface area contributed by atoms with E-state index >= 15 is 0 Å². The van der Waals surface area contributed by atoms with Gasteiger partial charge in [-0.25, -0.2) is 9.13 Å². The summed E-state index contributed by atoms with van der Waals surface area (Å²) in [4.78, 5) is 72.9. The Bertz CT molecular complexity index is 2360. The SMILES string of the molecule is CC/C=C\C/C=C\C/C=C\C/C=C\C/C=C\CCCCCC(=O)OCC(COP(=O)(O)OCC(O)COP(=O)(O)OCC(COC(=O)CCCCCCCCCCCCCCC)OC(=O)CCCCCCC/C=C\CCCC)OC(=O)CCCCCCCC/C=C\C/C=C\C/C=C\CCCCC. The maximum Gasteiger partial charge on any atom is 0.472 e. The van der Waals surface area contributed by atoms with Crippen molar-refractivity contribution in [2.75, 3.05) is 39.6 Å². The first-order valence-electron chi connectivity index (χ1n) is 40.1. The second kappa shape index (κ2) is 75.0. The number of aliphatic hydroxyl groups excluding tert-OH is 1. The number of allylic oxidation sites excluding steroid dienone is 18. The number of rotatable bonds is 75. The summed E-state index contributed by atoms with van der Waals surface area (Å²) < 4.78 is 68.5. The number of unbranched alkanes of at least 4 members (excludes halogenated alkanes) is 31. The van der Waals surface area contributed by atoms with Crippen LogP contribution in [0.3, 0.4) is 0 Å². The molecule has 5 unspecified atom stereocenters. The summed E-state index contributed by atoms with van der Waals surface area (Å²) in [6, 6.07) is 0. The molecule has 0 spiro atoms. The van der Waals surface area contributed by atoms with E-state index < -0.39 is 97.5 Å². The number of carbonyl (C=O) groups excluding carboxylic acids is 4. The Kier molecular flexibility index (Phi) is 71.8. The lowest BCUT2D eigenvalue weighted by molar-refractivity contribution is -0.161. The second-order valence-electron chi connectivity index (χ2n) is 26.6. The van der Waals surface area contributed by atoms with Crippen LogP contribution in [0.1, 0.15) is 336 Å². The number of phosphoric acid groups is 2.